The van der Waals surface area contributed by atoms with E-state index in [2.05, 4.69) is 16.3 Å². The molecule has 0 N–H and O–H groups in total. The highest BCUT2D eigenvalue weighted by molar-refractivity contribution is 5.96. The average molecular weight is 391 g/mol. The number of carbonyl (C=O) groups is 2. The third-order valence-electron chi connectivity index (χ3n) is 5.88. The van der Waals surface area contributed by atoms with Crippen LogP contribution in [0.1, 0.15) is 33.6 Å². The maximum absolute atomic E-state index is 12.6. The van der Waals surface area contributed by atoms with E-state index < -0.39 is 0 Å². The van der Waals surface area contributed by atoms with Crippen LogP contribution in [0.3, 0.4) is 0 Å². The van der Waals surface area contributed by atoms with Gasteiger partial charge in [-0.25, -0.2) is 0 Å². The first-order chi connectivity index (χ1) is 14.2. The molecule has 0 aliphatic carbocycles. The molecule has 2 aromatic rings. The summed E-state index contributed by atoms with van der Waals surface area (Å²) in [6.07, 6.45) is 1.35. The van der Waals surface area contributed by atoms with E-state index in [9.17, 15) is 9.59 Å². The van der Waals surface area contributed by atoms with Gasteiger partial charge in [-0.2, -0.15) is 0 Å². The molecule has 0 saturated carbocycles. The third kappa shape index (κ3) is 4.92. The Hall–Kier alpha value is -2.50. The summed E-state index contributed by atoms with van der Waals surface area (Å²) in [4.78, 5) is 31.5. The molecule has 2 fully saturated rings. The first-order valence-corrected chi connectivity index (χ1v) is 10.4. The van der Waals surface area contributed by atoms with Crippen LogP contribution in [0.25, 0.3) is 0 Å². The van der Waals surface area contributed by atoms with Crippen molar-refractivity contribution in [2.75, 3.05) is 39.3 Å². The normalized spacial score (nSPS) is 18.4. The van der Waals surface area contributed by atoms with Crippen molar-refractivity contribution in [1.29, 1.82) is 0 Å². The van der Waals surface area contributed by atoms with Crippen molar-refractivity contribution in [2.24, 2.45) is 0 Å². The highest BCUT2D eigenvalue weighted by Crippen LogP contribution is 2.20. The molecule has 1 amide bonds. The first-order valence-electron chi connectivity index (χ1n) is 10.4. The molecule has 29 heavy (non-hydrogen) atoms. The Morgan fingerprint density at radius 3 is 2.03 bits per heavy atom. The van der Waals surface area contributed by atoms with E-state index in [0.717, 1.165) is 56.8 Å². The fraction of sp³-hybridized carbons (Fsp3) is 0.375. The van der Waals surface area contributed by atoms with Gasteiger partial charge >= 0.3 is 0 Å². The number of benzene rings is 2. The number of carbonyl (C=O) groups excluding carboxylic acids is 2. The number of nitrogens with zero attached hydrogens (tertiary/aromatic N) is 3. The summed E-state index contributed by atoms with van der Waals surface area (Å²) in [5.74, 6) is 0.343. The van der Waals surface area contributed by atoms with Gasteiger partial charge in [0.05, 0.1) is 0 Å². The number of Topliss-reactive ketones (excluding diaryl/α,β-unsaturated/α-hetero) is 1. The fourth-order valence-corrected chi connectivity index (χ4v) is 4.07. The molecule has 2 heterocycles. The van der Waals surface area contributed by atoms with Crippen molar-refractivity contribution in [3.63, 3.8) is 0 Å². The monoisotopic (exact) mass is 390 g/mol. The number of hydrogen-bond acceptors (Lipinski definition) is 4. The van der Waals surface area contributed by atoms with Gasteiger partial charge in [0.25, 0.3) is 5.91 Å². The topological polar surface area (TPSA) is 43.9 Å². The zero-order valence-electron chi connectivity index (χ0n) is 16.7. The van der Waals surface area contributed by atoms with Crippen molar-refractivity contribution in [1.82, 2.24) is 14.7 Å². The molecular formula is C24H28N3O2. The van der Waals surface area contributed by atoms with Crippen molar-refractivity contribution in [3.8, 4) is 0 Å². The first kappa shape index (κ1) is 19.8. The van der Waals surface area contributed by atoms with E-state index in [1.165, 1.54) is 0 Å². The Kier molecular flexibility index (Phi) is 6.37. The summed E-state index contributed by atoms with van der Waals surface area (Å²) in [5, 5.41) is 0. The van der Waals surface area contributed by atoms with Crippen LogP contribution in [-0.4, -0.2) is 71.7 Å². The Labute approximate surface area is 172 Å². The minimum Gasteiger partial charge on any atom is -0.336 e. The third-order valence-corrected chi connectivity index (χ3v) is 5.88. The minimum atomic E-state index is 0.136. The second kappa shape index (κ2) is 9.33. The zero-order chi connectivity index (χ0) is 20.1. The second-order valence-electron chi connectivity index (χ2n) is 7.81. The van der Waals surface area contributed by atoms with Crippen LogP contribution in [0, 0.1) is 6.54 Å². The van der Waals surface area contributed by atoms with Crippen LogP contribution in [-0.2, 0) is 0 Å². The van der Waals surface area contributed by atoms with Crippen LogP contribution in [0.15, 0.2) is 60.7 Å². The fourth-order valence-electron chi connectivity index (χ4n) is 4.07. The molecule has 5 nitrogen and oxygen atoms in total. The van der Waals surface area contributed by atoms with Crippen LogP contribution in [0.2, 0.25) is 0 Å². The smallest absolute Gasteiger partial charge is 0.253 e. The molecule has 0 atom stereocenters. The van der Waals surface area contributed by atoms with E-state index in [1.54, 1.807) is 0 Å². The maximum atomic E-state index is 12.6. The predicted molar refractivity (Wildman–Crippen MR) is 114 cm³/mol. The second-order valence-corrected chi connectivity index (χ2v) is 7.81. The summed E-state index contributed by atoms with van der Waals surface area (Å²) in [5.41, 5.74) is 1.57. The van der Waals surface area contributed by atoms with Gasteiger partial charge in [0, 0.05) is 69.4 Å². The van der Waals surface area contributed by atoms with Gasteiger partial charge in [-0.1, -0.05) is 48.5 Å². The van der Waals surface area contributed by atoms with Gasteiger partial charge < -0.3 is 4.90 Å². The quantitative estimate of drug-likeness (QED) is 0.682. The standard InChI is InChI=1S/C24H28N3O2/c28-23(20-8-3-1-4-9-20)12-7-13-25-18-22(19-25)26-14-16-27(17-15-26)24(29)21-10-5-2-6-11-21/h1-6,8-11,13,22H,7,12,14-19H2. The molecule has 0 bridgehead atoms. The van der Waals surface area contributed by atoms with Gasteiger partial charge in [-0.3, -0.25) is 19.4 Å². The number of ketones is 1. The number of rotatable bonds is 7. The highest BCUT2D eigenvalue weighted by Gasteiger charge is 2.34. The molecule has 151 valence electrons. The van der Waals surface area contributed by atoms with E-state index in [4.69, 9.17) is 0 Å². The van der Waals surface area contributed by atoms with Crippen molar-refractivity contribution >= 4 is 11.7 Å². The summed E-state index contributed by atoms with van der Waals surface area (Å²) in [6, 6.07) is 19.6. The molecule has 2 aliphatic rings. The van der Waals surface area contributed by atoms with Gasteiger partial charge in [-0.15, -0.1) is 0 Å². The summed E-state index contributed by atoms with van der Waals surface area (Å²) in [6.45, 7) is 7.66. The van der Waals surface area contributed by atoms with Crippen LogP contribution >= 0.6 is 0 Å². The Morgan fingerprint density at radius 2 is 1.41 bits per heavy atom. The lowest BCUT2D eigenvalue weighted by molar-refractivity contribution is 0.0171. The Bertz CT molecular complexity index is 811. The number of amides is 1. The Balaban J connectivity index is 1.13. The Morgan fingerprint density at radius 1 is 0.828 bits per heavy atom. The molecule has 2 saturated heterocycles. The van der Waals surface area contributed by atoms with E-state index in [0.29, 0.717) is 12.5 Å². The largest absolute Gasteiger partial charge is 0.336 e. The summed E-state index contributed by atoms with van der Waals surface area (Å²) >= 11 is 0. The summed E-state index contributed by atoms with van der Waals surface area (Å²) < 4.78 is 0. The van der Waals surface area contributed by atoms with Gasteiger partial charge in [0.1, 0.15) is 0 Å². The lowest BCUT2D eigenvalue weighted by atomic mass is 10.0. The van der Waals surface area contributed by atoms with Crippen molar-refractivity contribution in [2.45, 2.75) is 18.9 Å². The molecule has 0 aromatic heterocycles. The minimum absolute atomic E-state index is 0.136. The lowest BCUT2D eigenvalue weighted by Crippen LogP contribution is -2.62. The molecule has 1 radical (unpaired) electrons. The molecule has 2 aromatic carbocycles. The molecule has 5 heteroatoms. The summed E-state index contributed by atoms with van der Waals surface area (Å²) in [7, 11) is 0. The molecule has 2 aliphatic heterocycles. The van der Waals surface area contributed by atoms with Gasteiger partial charge in [0.2, 0.25) is 0 Å². The number of likely N-dealkylation sites (tertiary alicyclic amines) is 1. The van der Waals surface area contributed by atoms with Crippen LogP contribution < -0.4 is 0 Å². The van der Waals surface area contributed by atoms with E-state index >= 15 is 0 Å². The number of hydrogen-bond donors (Lipinski definition) is 0. The molecule has 4 rings (SSSR count). The predicted octanol–water partition coefficient (Wildman–Crippen LogP) is 2.95. The van der Waals surface area contributed by atoms with E-state index in [-0.39, 0.29) is 11.7 Å². The van der Waals surface area contributed by atoms with Crippen LogP contribution in [0.5, 0.6) is 0 Å². The lowest BCUT2D eigenvalue weighted by Gasteiger charge is -2.48. The highest BCUT2D eigenvalue weighted by atomic mass is 16.2. The molecule has 0 spiro atoms. The van der Waals surface area contributed by atoms with Gasteiger partial charge in [-0.05, 0) is 18.6 Å². The number of piperazine rings is 1. The van der Waals surface area contributed by atoms with Crippen molar-refractivity contribution in [3.05, 3.63) is 78.3 Å². The van der Waals surface area contributed by atoms with Crippen molar-refractivity contribution < 1.29 is 9.59 Å². The molecular weight excluding hydrogens is 362 g/mol. The SMILES string of the molecule is O=C(CC[CH]N1CC(N2CCN(C(=O)c3ccccc3)CC2)C1)c1ccccc1. The average Bonchev–Trinajstić information content (AvgIpc) is 2.76. The maximum Gasteiger partial charge on any atom is 0.253 e. The van der Waals surface area contributed by atoms with Gasteiger partial charge in [0.15, 0.2) is 5.78 Å². The van der Waals surface area contributed by atoms with E-state index in [1.807, 2.05) is 65.6 Å². The molecule has 0 unspecified atom stereocenters. The van der Waals surface area contributed by atoms with Crippen LogP contribution in [0.4, 0.5) is 0 Å². The zero-order valence-corrected chi connectivity index (χ0v) is 16.7.